The first kappa shape index (κ1) is 24.2. The molecule has 4 heteroatoms. The molecule has 0 radical (unpaired) electrons. The quantitative estimate of drug-likeness (QED) is 0.225. The minimum atomic E-state index is -0.678. The number of anilines is 2. The predicted molar refractivity (Wildman–Crippen MR) is 180 cm³/mol. The monoisotopic (exact) mass is 574 g/mol. The van der Waals surface area contributed by atoms with Gasteiger partial charge in [-0.05, 0) is 80.6 Å². The molecule has 0 bridgehead atoms. The minimum Gasteiger partial charge on any atom is -0.392 e. The molecule has 1 fully saturated rings. The van der Waals surface area contributed by atoms with Gasteiger partial charge in [-0.3, -0.25) is 0 Å². The zero-order chi connectivity index (χ0) is 28.8. The van der Waals surface area contributed by atoms with Gasteiger partial charge < -0.3 is 20.0 Å². The van der Waals surface area contributed by atoms with Crippen LogP contribution in [-0.4, -0.2) is 48.6 Å². The molecule has 0 atom stereocenters. The highest BCUT2D eigenvalue weighted by molar-refractivity contribution is 6.19. The normalized spacial score (nSPS) is 24.7. The summed E-state index contributed by atoms with van der Waals surface area (Å²) in [5.41, 5.74) is 10.6. The molecule has 216 valence electrons. The summed E-state index contributed by atoms with van der Waals surface area (Å²) in [6, 6.07) is 26.8. The molecule has 44 heavy (non-hydrogen) atoms. The van der Waals surface area contributed by atoms with Crippen LogP contribution in [0.2, 0.25) is 0 Å². The molecule has 6 aromatic carbocycles. The Morgan fingerprint density at radius 1 is 0.432 bits per heavy atom. The summed E-state index contributed by atoms with van der Waals surface area (Å²) in [5, 5.41) is 35.0. The summed E-state index contributed by atoms with van der Waals surface area (Å²) in [6.45, 7) is 4.23. The predicted octanol–water partition coefficient (Wildman–Crippen LogP) is 6.74. The second-order valence-corrected chi connectivity index (χ2v) is 13.9. The number of benzene rings is 6. The van der Waals surface area contributed by atoms with Crippen molar-refractivity contribution in [3.63, 3.8) is 0 Å². The number of rotatable bonds is 2. The third kappa shape index (κ3) is 2.79. The molecule has 0 amide bonds. The molecule has 4 nitrogen and oxygen atoms in total. The molecule has 0 unspecified atom stereocenters. The number of nitrogens with zero attached hydrogens (tertiary/aromatic N) is 2. The Bertz CT molecular complexity index is 1960. The highest BCUT2D eigenvalue weighted by Gasteiger charge is 2.53. The van der Waals surface area contributed by atoms with Crippen molar-refractivity contribution in [1.82, 2.24) is 0 Å². The smallest absolute Gasteiger partial charge is 0.0728 e. The lowest BCUT2D eigenvalue weighted by atomic mass is 9.60. The molecule has 1 aliphatic carbocycles. The van der Waals surface area contributed by atoms with E-state index in [1.54, 1.807) is 0 Å². The Morgan fingerprint density at radius 2 is 0.727 bits per heavy atom. The lowest BCUT2D eigenvalue weighted by molar-refractivity contribution is -0.0765. The Labute approximate surface area is 256 Å². The molecule has 0 aromatic heterocycles. The van der Waals surface area contributed by atoms with Crippen LogP contribution in [0.3, 0.4) is 0 Å². The van der Waals surface area contributed by atoms with Crippen molar-refractivity contribution in [2.24, 2.45) is 0 Å². The molecule has 4 aliphatic heterocycles. The van der Waals surface area contributed by atoms with E-state index in [0.717, 1.165) is 63.0 Å². The van der Waals surface area contributed by atoms with E-state index in [1.807, 2.05) is 0 Å². The van der Waals surface area contributed by atoms with Gasteiger partial charge in [-0.1, -0.05) is 72.8 Å². The molecule has 0 saturated heterocycles. The lowest BCUT2D eigenvalue weighted by Gasteiger charge is -2.49. The van der Waals surface area contributed by atoms with Crippen LogP contribution in [-0.2, 0) is 25.7 Å². The number of hydrogen-bond donors (Lipinski definition) is 2. The second-order valence-electron chi connectivity index (χ2n) is 13.9. The summed E-state index contributed by atoms with van der Waals surface area (Å²) >= 11 is 0. The van der Waals surface area contributed by atoms with Crippen LogP contribution in [0.1, 0.15) is 45.2 Å². The third-order valence-corrected chi connectivity index (χ3v) is 12.1. The summed E-state index contributed by atoms with van der Waals surface area (Å²) < 4.78 is 0. The van der Waals surface area contributed by atoms with E-state index in [9.17, 15) is 10.2 Å². The van der Waals surface area contributed by atoms with Gasteiger partial charge in [-0.25, -0.2) is 0 Å². The molecule has 1 saturated carbocycles. The minimum absolute atomic E-state index is 0.342. The van der Waals surface area contributed by atoms with E-state index in [-0.39, 0.29) is 11.8 Å². The highest BCUT2D eigenvalue weighted by Crippen LogP contribution is 2.58. The Hall–Kier alpha value is -4.12. The maximum atomic E-state index is 12.4. The van der Waals surface area contributed by atoms with Crippen molar-refractivity contribution in [3.8, 4) is 0 Å². The average molecular weight is 575 g/mol. The van der Waals surface area contributed by atoms with Crippen LogP contribution in [0.5, 0.6) is 0 Å². The zero-order valence-electron chi connectivity index (χ0n) is 24.7. The third-order valence-electron chi connectivity index (χ3n) is 12.1. The van der Waals surface area contributed by atoms with Gasteiger partial charge in [0.1, 0.15) is 0 Å². The van der Waals surface area contributed by atoms with Gasteiger partial charge >= 0.3 is 0 Å². The van der Waals surface area contributed by atoms with E-state index in [4.69, 9.17) is 0 Å². The number of aliphatic hydroxyl groups is 2. The van der Waals surface area contributed by atoms with Crippen molar-refractivity contribution < 1.29 is 10.2 Å². The van der Waals surface area contributed by atoms with Crippen LogP contribution < -0.4 is 9.80 Å². The van der Waals surface area contributed by atoms with Gasteiger partial charge in [-0.15, -0.1) is 0 Å². The van der Waals surface area contributed by atoms with Gasteiger partial charge in [0.05, 0.1) is 23.6 Å². The van der Waals surface area contributed by atoms with Gasteiger partial charge in [0, 0.05) is 59.6 Å². The molecular weight excluding hydrogens is 540 g/mol. The standard InChI is InChI=1S/C40H34N2O2/c43-39-35(33-25-9-1-5-21-13-17-41-18-14-22-6-2-10-26(33)30(22)37(41)29(21)25)40(44)36(39)34-27-11-3-7-23-15-19-42-20-16-24-8-4-12-28(34)32(24)38(42)31(23)27/h1-12,35-36,39-40,43-44H,13-20H2. The largest absolute Gasteiger partial charge is 0.392 e. The first-order valence-corrected chi connectivity index (χ1v) is 16.5. The Kier molecular flexibility index (Phi) is 4.58. The van der Waals surface area contributed by atoms with Gasteiger partial charge in [0.15, 0.2) is 0 Å². The van der Waals surface area contributed by atoms with Gasteiger partial charge in [0.25, 0.3) is 0 Å². The van der Waals surface area contributed by atoms with Crippen molar-refractivity contribution in [1.29, 1.82) is 0 Å². The van der Waals surface area contributed by atoms with E-state index in [1.165, 1.54) is 76.7 Å². The molecule has 6 aromatic rings. The summed E-state index contributed by atoms with van der Waals surface area (Å²) in [6.07, 6.45) is 2.82. The SMILES string of the molecule is OC1C(c2c3cccc4c3c3c5c(cccc25)CCN3CC4)C(O)C1c1c2cccc3c2c2c4c(cccc14)CCN2CC3. The molecule has 2 N–H and O–H groups in total. The maximum absolute atomic E-state index is 12.4. The molecule has 11 rings (SSSR count). The van der Waals surface area contributed by atoms with E-state index in [2.05, 4.69) is 82.6 Å². The van der Waals surface area contributed by atoms with Crippen molar-refractivity contribution >= 4 is 54.5 Å². The lowest BCUT2D eigenvalue weighted by Crippen LogP contribution is -2.52. The fraction of sp³-hybridized carbons (Fsp3) is 0.300. The summed E-state index contributed by atoms with van der Waals surface area (Å²) in [7, 11) is 0. The first-order chi connectivity index (χ1) is 21.7. The first-order valence-electron chi connectivity index (χ1n) is 16.5. The van der Waals surface area contributed by atoms with Gasteiger partial charge in [-0.2, -0.15) is 0 Å². The fourth-order valence-corrected chi connectivity index (χ4v) is 10.2. The fourth-order valence-electron chi connectivity index (χ4n) is 10.2. The summed E-state index contributed by atoms with van der Waals surface area (Å²) in [5.74, 6) is -0.685. The highest BCUT2D eigenvalue weighted by atomic mass is 16.3. The van der Waals surface area contributed by atoms with Crippen LogP contribution in [0, 0.1) is 0 Å². The molecule has 0 spiro atoms. The van der Waals surface area contributed by atoms with Crippen LogP contribution in [0.4, 0.5) is 11.4 Å². The number of hydrogen-bond acceptors (Lipinski definition) is 4. The second kappa shape index (κ2) is 8.32. The van der Waals surface area contributed by atoms with E-state index in [0.29, 0.717) is 0 Å². The summed E-state index contributed by atoms with van der Waals surface area (Å²) in [4.78, 5) is 5.16. The van der Waals surface area contributed by atoms with Crippen molar-refractivity contribution in [2.45, 2.75) is 49.7 Å². The van der Waals surface area contributed by atoms with E-state index >= 15 is 0 Å². The maximum Gasteiger partial charge on any atom is 0.0728 e. The van der Waals surface area contributed by atoms with E-state index < -0.39 is 12.2 Å². The van der Waals surface area contributed by atoms with Gasteiger partial charge in [0.2, 0.25) is 0 Å². The van der Waals surface area contributed by atoms with Crippen molar-refractivity contribution in [2.75, 3.05) is 36.0 Å². The molecule has 5 aliphatic rings. The Balaban J connectivity index is 1.17. The van der Waals surface area contributed by atoms with Crippen LogP contribution in [0.15, 0.2) is 72.8 Å². The molecular formula is C40H34N2O2. The molecule has 4 heterocycles. The van der Waals surface area contributed by atoms with Crippen LogP contribution >= 0.6 is 0 Å². The zero-order valence-corrected chi connectivity index (χ0v) is 24.7. The van der Waals surface area contributed by atoms with Crippen LogP contribution in [0.25, 0.3) is 43.1 Å². The average Bonchev–Trinajstić information content (AvgIpc) is 3.07. The number of aliphatic hydroxyl groups excluding tert-OH is 2. The topological polar surface area (TPSA) is 46.9 Å². The van der Waals surface area contributed by atoms with Crippen molar-refractivity contribution in [3.05, 3.63) is 106 Å². The Morgan fingerprint density at radius 3 is 1.02 bits per heavy atom.